The third-order valence-electron chi connectivity index (χ3n) is 3.77. The maximum Gasteiger partial charge on any atom is 0.410 e. The summed E-state index contributed by atoms with van der Waals surface area (Å²) in [6.45, 7) is 7.11. The number of para-hydroxylation sites is 1. The van der Waals surface area contributed by atoms with Crippen LogP contribution in [0.1, 0.15) is 39.2 Å². The lowest BCUT2D eigenvalue weighted by molar-refractivity contribution is 0.0184. The van der Waals surface area contributed by atoms with Gasteiger partial charge >= 0.3 is 6.09 Å². The Kier molecular flexibility index (Phi) is 4.76. The molecular weight excluding hydrogens is 266 g/mol. The lowest BCUT2D eigenvalue weighted by Crippen LogP contribution is -2.42. The number of carbonyl (C=O) groups is 1. The van der Waals surface area contributed by atoms with Crippen molar-refractivity contribution in [2.75, 3.05) is 13.1 Å². The van der Waals surface area contributed by atoms with E-state index >= 15 is 0 Å². The van der Waals surface area contributed by atoms with Gasteiger partial charge in [-0.1, -0.05) is 18.2 Å². The molecule has 1 amide bonds. The fourth-order valence-electron chi connectivity index (χ4n) is 2.64. The van der Waals surface area contributed by atoms with Crippen LogP contribution < -0.4 is 0 Å². The Balaban J connectivity index is 1.83. The number of phenols is 1. The van der Waals surface area contributed by atoms with Crippen LogP contribution in [0.4, 0.5) is 4.79 Å². The van der Waals surface area contributed by atoms with Crippen LogP contribution in [0.3, 0.4) is 0 Å². The molecule has 4 nitrogen and oxygen atoms in total. The number of aromatic hydroxyl groups is 1. The Hall–Kier alpha value is -1.71. The fraction of sp³-hybridized carbons (Fsp3) is 0.588. The molecule has 1 fully saturated rings. The molecule has 21 heavy (non-hydrogen) atoms. The highest BCUT2D eigenvalue weighted by molar-refractivity contribution is 5.68. The molecular formula is C17H25NO3. The molecule has 0 atom stereocenters. The average Bonchev–Trinajstić information content (AvgIpc) is 2.40. The predicted molar refractivity (Wildman–Crippen MR) is 82.3 cm³/mol. The van der Waals surface area contributed by atoms with Crippen LogP contribution >= 0.6 is 0 Å². The number of amides is 1. The van der Waals surface area contributed by atoms with Crippen molar-refractivity contribution in [2.24, 2.45) is 5.92 Å². The summed E-state index contributed by atoms with van der Waals surface area (Å²) in [5.74, 6) is 0.879. The van der Waals surface area contributed by atoms with Crippen molar-refractivity contribution in [3.63, 3.8) is 0 Å². The molecule has 1 aliphatic rings. The van der Waals surface area contributed by atoms with Gasteiger partial charge in [-0.3, -0.25) is 0 Å². The van der Waals surface area contributed by atoms with Crippen LogP contribution in [0.5, 0.6) is 5.75 Å². The number of nitrogens with zero attached hydrogens (tertiary/aromatic N) is 1. The van der Waals surface area contributed by atoms with Crippen molar-refractivity contribution >= 4 is 6.09 Å². The Morgan fingerprint density at radius 3 is 2.48 bits per heavy atom. The molecule has 0 bridgehead atoms. The highest BCUT2D eigenvalue weighted by atomic mass is 16.6. The normalized spacial score (nSPS) is 16.8. The first-order chi connectivity index (χ1) is 9.85. The van der Waals surface area contributed by atoms with Crippen LogP contribution in [0.25, 0.3) is 0 Å². The summed E-state index contributed by atoms with van der Waals surface area (Å²) in [5, 5.41) is 9.82. The number of ether oxygens (including phenoxy) is 1. The van der Waals surface area contributed by atoms with Gasteiger partial charge < -0.3 is 14.7 Å². The second-order valence-corrected chi connectivity index (χ2v) is 6.74. The number of rotatable bonds is 2. The van der Waals surface area contributed by atoms with Gasteiger partial charge in [-0.05, 0) is 57.6 Å². The van der Waals surface area contributed by atoms with E-state index in [-0.39, 0.29) is 6.09 Å². The summed E-state index contributed by atoms with van der Waals surface area (Å²) in [5.41, 5.74) is 0.553. The largest absolute Gasteiger partial charge is 0.508 e. The number of benzene rings is 1. The second-order valence-electron chi connectivity index (χ2n) is 6.74. The van der Waals surface area contributed by atoms with Gasteiger partial charge in [0.05, 0.1) is 0 Å². The molecule has 4 heteroatoms. The summed E-state index contributed by atoms with van der Waals surface area (Å²) in [6.07, 6.45) is 2.55. The van der Waals surface area contributed by atoms with E-state index in [2.05, 4.69) is 0 Å². The molecule has 0 unspecified atom stereocenters. The number of likely N-dealkylation sites (tertiary alicyclic amines) is 1. The topological polar surface area (TPSA) is 49.8 Å². The fourth-order valence-corrected chi connectivity index (χ4v) is 2.64. The Morgan fingerprint density at radius 2 is 1.90 bits per heavy atom. The molecule has 1 aromatic rings. The van der Waals surface area contributed by atoms with Gasteiger partial charge in [-0.2, -0.15) is 0 Å². The van der Waals surface area contributed by atoms with Gasteiger partial charge in [0.25, 0.3) is 0 Å². The summed E-state index contributed by atoms with van der Waals surface area (Å²) < 4.78 is 5.40. The van der Waals surface area contributed by atoms with E-state index in [9.17, 15) is 9.90 Å². The lowest BCUT2D eigenvalue weighted by atomic mass is 9.90. The number of phenolic OH excluding ortho intramolecular Hbond substituents is 1. The maximum absolute atomic E-state index is 12.0. The summed E-state index contributed by atoms with van der Waals surface area (Å²) in [6, 6.07) is 7.48. The number of piperidine rings is 1. The minimum Gasteiger partial charge on any atom is -0.508 e. The molecule has 1 heterocycles. The minimum absolute atomic E-state index is 0.219. The third kappa shape index (κ3) is 4.66. The molecule has 0 aliphatic carbocycles. The van der Waals surface area contributed by atoms with E-state index in [0.717, 1.165) is 37.9 Å². The van der Waals surface area contributed by atoms with Crippen molar-refractivity contribution in [2.45, 2.75) is 45.6 Å². The molecule has 1 aromatic carbocycles. The highest BCUT2D eigenvalue weighted by Crippen LogP contribution is 2.26. The smallest absolute Gasteiger partial charge is 0.410 e. The van der Waals surface area contributed by atoms with E-state index < -0.39 is 5.60 Å². The van der Waals surface area contributed by atoms with E-state index in [4.69, 9.17) is 4.74 Å². The van der Waals surface area contributed by atoms with Crippen molar-refractivity contribution in [3.05, 3.63) is 29.8 Å². The number of hydrogen-bond donors (Lipinski definition) is 1. The van der Waals surface area contributed by atoms with Crippen LogP contribution in [-0.2, 0) is 11.2 Å². The van der Waals surface area contributed by atoms with Gasteiger partial charge in [0.2, 0.25) is 0 Å². The Labute approximate surface area is 126 Å². The van der Waals surface area contributed by atoms with Crippen molar-refractivity contribution in [3.8, 4) is 5.75 Å². The first-order valence-corrected chi connectivity index (χ1v) is 7.60. The second kappa shape index (κ2) is 6.37. The summed E-state index contributed by atoms with van der Waals surface area (Å²) >= 11 is 0. The molecule has 2 rings (SSSR count). The van der Waals surface area contributed by atoms with Crippen molar-refractivity contribution in [1.82, 2.24) is 4.90 Å². The van der Waals surface area contributed by atoms with E-state index in [1.54, 1.807) is 11.0 Å². The van der Waals surface area contributed by atoms with Gasteiger partial charge in [0, 0.05) is 13.1 Å². The van der Waals surface area contributed by atoms with Gasteiger partial charge in [-0.25, -0.2) is 4.79 Å². The third-order valence-corrected chi connectivity index (χ3v) is 3.77. The van der Waals surface area contributed by atoms with Crippen molar-refractivity contribution < 1.29 is 14.6 Å². The number of hydrogen-bond acceptors (Lipinski definition) is 3. The lowest BCUT2D eigenvalue weighted by Gasteiger charge is -2.33. The van der Waals surface area contributed by atoms with E-state index in [1.165, 1.54) is 0 Å². The van der Waals surface area contributed by atoms with Crippen LogP contribution in [0.15, 0.2) is 24.3 Å². The van der Waals surface area contributed by atoms with Crippen molar-refractivity contribution in [1.29, 1.82) is 0 Å². The van der Waals surface area contributed by atoms with E-state index in [1.807, 2.05) is 39.0 Å². The first kappa shape index (κ1) is 15.7. The standard InChI is InChI=1S/C17H25NO3/c1-17(2,3)21-16(20)18-10-8-13(9-11-18)12-14-6-4-5-7-15(14)19/h4-7,13,19H,8-12H2,1-3H3. The minimum atomic E-state index is -0.441. The summed E-state index contributed by atoms with van der Waals surface area (Å²) in [4.78, 5) is 13.8. The van der Waals surface area contributed by atoms with Crippen LogP contribution in [0, 0.1) is 5.92 Å². The molecule has 1 aliphatic heterocycles. The van der Waals surface area contributed by atoms with Gasteiger partial charge in [-0.15, -0.1) is 0 Å². The van der Waals surface area contributed by atoms with Crippen LogP contribution in [0.2, 0.25) is 0 Å². The Morgan fingerprint density at radius 1 is 1.29 bits per heavy atom. The zero-order valence-corrected chi connectivity index (χ0v) is 13.1. The molecule has 1 saturated heterocycles. The first-order valence-electron chi connectivity index (χ1n) is 7.60. The Bertz CT molecular complexity index is 485. The molecule has 0 radical (unpaired) electrons. The molecule has 116 valence electrons. The molecule has 0 spiro atoms. The van der Waals surface area contributed by atoms with Crippen LogP contribution in [-0.4, -0.2) is 34.8 Å². The molecule has 0 aromatic heterocycles. The number of carbonyl (C=O) groups excluding carboxylic acids is 1. The molecule has 1 N–H and O–H groups in total. The SMILES string of the molecule is CC(C)(C)OC(=O)N1CCC(Cc2ccccc2O)CC1. The van der Waals surface area contributed by atoms with Gasteiger partial charge in [0.1, 0.15) is 11.4 Å². The summed E-state index contributed by atoms with van der Waals surface area (Å²) in [7, 11) is 0. The van der Waals surface area contributed by atoms with E-state index in [0.29, 0.717) is 11.7 Å². The van der Waals surface area contributed by atoms with Gasteiger partial charge in [0.15, 0.2) is 0 Å². The quantitative estimate of drug-likeness (QED) is 0.906. The predicted octanol–water partition coefficient (Wildman–Crippen LogP) is 3.58. The molecule has 0 saturated carbocycles. The average molecular weight is 291 g/mol. The maximum atomic E-state index is 12.0. The highest BCUT2D eigenvalue weighted by Gasteiger charge is 2.27. The zero-order chi connectivity index (χ0) is 15.5. The zero-order valence-electron chi connectivity index (χ0n) is 13.1. The monoisotopic (exact) mass is 291 g/mol.